The summed E-state index contributed by atoms with van der Waals surface area (Å²) in [5.74, 6) is 0.380. The summed E-state index contributed by atoms with van der Waals surface area (Å²) >= 11 is 0. The van der Waals surface area contributed by atoms with Crippen molar-refractivity contribution in [1.29, 1.82) is 0 Å². The molecule has 0 heterocycles. The van der Waals surface area contributed by atoms with Crippen LogP contribution in [0.1, 0.15) is 23.7 Å². The molecule has 0 aromatic heterocycles. The van der Waals surface area contributed by atoms with Gasteiger partial charge in [0.1, 0.15) is 11.5 Å². The van der Waals surface area contributed by atoms with E-state index in [1.165, 1.54) is 6.07 Å². The minimum atomic E-state index is -0.913. The van der Waals surface area contributed by atoms with Crippen LogP contribution in [0.2, 0.25) is 0 Å². The van der Waals surface area contributed by atoms with Gasteiger partial charge in [0.2, 0.25) is 0 Å². The quantitative estimate of drug-likeness (QED) is 0.453. The van der Waals surface area contributed by atoms with E-state index in [2.05, 4.69) is 5.32 Å². The SMILES string of the molecule is CCC(OC(=O)c1cccc(N)c1)C(=O)Nc1ccc(Oc2ccccc2)cc1. The number of nitrogens with one attached hydrogen (secondary N) is 1. The first kappa shape index (κ1) is 19.9. The summed E-state index contributed by atoms with van der Waals surface area (Å²) < 4.78 is 11.1. The number of para-hydroxylation sites is 1. The largest absolute Gasteiger partial charge is 0.457 e. The van der Waals surface area contributed by atoms with E-state index in [9.17, 15) is 9.59 Å². The number of anilines is 2. The lowest BCUT2D eigenvalue weighted by molar-refractivity contribution is -0.124. The summed E-state index contributed by atoms with van der Waals surface area (Å²) in [6, 6.07) is 22.8. The fourth-order valence-electron chi connectivity index (χ4n) is 2.64. The molecule has 6 nitrogen and oxygen atoms in total. The smallest absolute Gasteiger partial charge is 0.338 e. The van der Waals surface area contributed by atoms with Gasteiger partial charge in [-0.1, -0.05) is 31.2 Å². The van der Waals surface area contributed by atoms with Gasteiger partial charge in [-0.15, -0.1) is 0 Å². The van der Waals surface area contributed by atoms with Crippen LogP contribution in [-0.4, -0.2) is 18.0 Å². The van der Waals surface area contributed by atoms with Crippen LogP contribution in [-0.2, 0) is 9.53 Å². The Morgan fingerprint density at radius 1 is 0.931 bits per heavy atom. The number of esters is 1. The maximum Gasteiger partial charge on any atom is 0.338 e. The first-order chi connectivity index (χ1) is 14.0. The second-order valence-electron chi connectivity index (χ2n) is 6.36. The Kier molecular flexibility index (Phi) is 6.47. The zero-order valence-corrected chi connectivity index (χ0v) is 16.0. The van der Waals surface area contributed by atoms with Crippen LogP contribution in [0.25, 0.3) is 0 Å². The van der Waals surface area contributed by atoms with Crippen molar-refractivity contribution in [3.63, 3.8) is 0 Å². The topological polar surface area (TPSA) is 90.7 Å². The number of rotatable bonds is 7. The van der Waals surface area contributed by atoms with Crippen LogP contribution < -0.4 is 15.8 Å². The molecule has 29 heavy (non-hydrogen) atoms. The Labute approximate surface area is 169 Å². The molecule has 1 unspecified atom stereocenters. The molecule has 3 rings (SSSR count). The van der Waals surface area contributed by atoms with Crippen molar-refractivity contribution in [3.8, 4) is 11.5 Å². The van der Waals surface area contributed by atoms with Gasteiger partial charge in [-0.25, -0.2) is 4.79 Å². The summed E-state index contributed by atoms with van der Waals surface area (Å²) in [7, 11) is 0. The first-order valence-corrected chi connectivity index (χ1v) is 9.25. The number of ether oxygens (including phenoxy) is 2. The third-order valence-corrected chi connectivity index (χ3v) is 4.14. The molecule has 0 spiro atoms. The fraction of sp³-hybridized carbons (Fsp3) is 0.130. The van der Waals surface area contributed by atoms with Crippen LogP contribution in [0.5, 0.6) is 11.5 Å². The van der Waals surface area contributed by atoms with Gasteiger partial charge < -0.3 is 20.5 Å². The number of carbonyl (C=O) groups is 2. The third-order valence-electron chi connectivity index (χ3n) is 4.14. The molecule has 0 aliphatic heterocycles. The molecule has 0 fully saturated rings. The number of nitrogen functional groups attached to an aromatic ring is 1. The number of nitrogens with two attached hydrogens (primary N) is 1. The van der Waals surface area contributed by atoms with E-state index in [-0.39, 0.29) is 0 Å². The Morgan fingerprint density at radius 2 is 1.62 bits per heavy atom. The monoisotopic (exact) mass is 390 g/mol. The Bertz CT molecular complexity index is 972. The minimum absolute atomic E-state index is 0.304. The van der Waals surface area contributed by atoms with Crippen LogP contribution in [0.15, 0.2) is 78.9 Å². The number of carbonyl (C=O) groups excluding carboxylic acids is 2. The van der Waals surface area contributed by atoms with Crippen molar-refractivity contribution < 1.29 is 19.1 Å². The highest BCUT2D eigenvalue weighted by molar-refractivity contribution is 5.97. The maximum atomic E-state index is 12.5. The van der Waals surface area contributed by atoms with Gasteiger partial charge in [-0.05, 0) is 61.0 Å². The van der Waals surface area contributed by atoms with E-state index in [1.54, 1.807) is 49.4 Å². The van der Waals surface area contributed by atoms with Crippen molar-refractivity contribution in [3.05, 3.63) is 84.4 Å². The predicted octanol–water partition coefficient (Wildman–Crippen LogP) is 4.64. The number of hydrogen-bond donors (Lipinski definition) is 2. The normalized spacial score (nSPS) is 11.3. The highest BCUT2D eigenvalue weighted by Gasteiger charge is 2.22. The molecular formula is C23H22N2O4. The zero-order chi connectivity index (χ0) is 20.6. The fourth-order valence-corrected chi connectivity index (χ4v) is 2.64. The molecule has 1 amide bonds. The molecule has 0 bridgehead atoms. The lowest BCUT2D eigenvalue weighted by Gasteiger charge is -2.16. The molecule has 0 radical (unpaired) electrons. The van der Waals surface area contributed by atoms with Gasteiger partial charge in [-0.2, -0.15) is 0 Å². The summed E-state index contributed by atoms with van der Waals surface area (Å²) in [5, 5.41) is 2.76. The average molecular weight is 390 g/mol. The maximum absolute atomic E-state index is 12.5. The van der Waals surface area contributed by atoms with E-state index in [0.717, 1.165) is 5.75 Å². The van der Waals surface area contributed by atoms with Crippen LogP contribution >= 0.6 is 0 Å². The van der Waals surface area contributed by atoms with E-state index < -0.39 is 18.0 Å². The minimum Gasteiger partial charge on any atom is -0.457 e. The molecule has 3 aromatic carbocycles. The Hall–Kier alpha value is -3.80. The molecular weight excluding hydrogens is 368 g/mol. The summed E-state index contributed by atoms with van der Waals surface area (Å²) in [6.07, 6.45) is -0.570. The zero-order valence-electron chi connectivity index (χ0n) is 16.0. The molecule has 0 saturated carbocycles. The van der Waals surface area contributed by atoms with E-state index >= 15 is 0 Å². The highest BCUT2D eigenvalue weighted by atomic mass is 16.5. The van der Waals surface area contributed by atoms with Crippen molar-refractivity contribution >= 4 is 23.3 Å². The van der Waals surface area contributed by atoms with Crippen molar-refractivity contribution in [2.24, 2.45) is 0 Å². The molecule has 0 saturated heterocycles. The summed E-state index contributed by atoms with van der Waals surface area (Å²) in [4.78, 5) is 24.8. The molecule has 148 valence electrons. The lowest BCUT2D eigenvalue weighted by Crippen LogP contribution is -2.32. The molecule has 0 aliphatic rings. The van der Waals surface area contributed by atoms with Crippen molar-refractivity contribution in [2.75, 3.05) is 11.1 Å². The van der Waals surface area contributed by atoms with Gasteiger partial charge in [0.15, 0.2) is 6.10 Å². The number of benzene rings is 3. The lowest BCUT2D eigenvalue weighted by atomic mass is 10.2. The van der Waals surface area contributed by atoms with Gasteiger partial charge >= 0.3 is 5.97 Å². The second kappa shape index (κ2) is 9.41. The van der Waals surface area contributed by atoms with Gasteiger partial charge in [0, 0.05) is 11.4 Å². The number of hydrogen-bond acceptors (Lipinski definition) is 5. The summed E-state index contributed by atoms with van der Waals surface area (Å²) in [6.45, 7) is 1.77. The van der Waals surface area contributed by atoms with Gasteiger partial charge in [0.25, 0.3) is 5.91 Å². The van der Waals surface area contributed by atoms with Crippen LogP contribution in [0, 0.1) is 0 Å². The number of amides is 1. The van der Waals surface area contributed by atoms with Gasteiger partial charge in [-0.3, -0.25) is 4.79 Å². The third kappa shape index (κ3) is 5.59. The van der Waals surface area contributed by atoms with Crippen LogP contribution in [0.4, 0.5) is 11.4 Å². The first-order valence-electron chi connectivity index (χ1n) is 9.25. The standard InChI is InChI=1S/C23H22N2O4/c1-2-21(29-23(27)16-7-6-8-17(24)15-16)22(26)25-18-11-13-20(14-12-18)28-19-9-4-3-5-10-19/h3-15,21H,2,24H2,1H3,(H,25,26). The Balaban J connectivity index is 1.59. The highest BCUT2D eigenvalue weighted by Crippen LogP contribution is 2.23. The predicted molar refractivity (Wildman–Crippen MR) is 112 cm³/mol. The van der Waals surface area contributed by atoms with Gasteiger partial charge in [0.05, 0.1) is 5.56 Å². The van der Waals surface area contributed by atoms with Crippen molar-refractivity contribution in [1.82, 2.24) is 0 Å². The molecule has 1 atom stereocenters. The molecule has 3 N–H and O–H groups in total. The molecule has 6 heteroatoms. The van der Waals surface area contributed by atoms with Crippen LogP contribution in [0.3, 0.4) is 0 Å². The molecule has 0 aliphatic carbocycles. The summed E-state index contributed by atoms with van der Waals surface area (Å²) in [5.41, 5.74) is 7.02. The van der Waals surface area contributed by atoms with E-state index in [4.69, 9.17) is 15.2 Å². The second-order valence-corrected chi connectivity index (χ2v) is 6.36. The van der Waals surface area contributed by atoms with E-state index in [1.807, 2.05) is 30.3 Å². The Morgan fingerprint density at radius 3 is 2.28 bits per heavy atom. The van der Waals surface area contributed by atoms with Crippen molar-refractivity contribution in [2.45, 2.75) is 19.4 Å². The average Bonchev–Trinajstić information content (AvgIpc) is 2.74. The molecule has 3 aromatic rings. The van der Waals surface area contributed by atoms with E-state index in [0.29, 0.717) is 29.1 Å².